The summed E-state index contributed by atoms with van der Waals surface area (Å²) in [4.78, 5) is 39.5. The smallest absolute Gasteiger partial charge is 0.272 e. The Morgan fingerprint density at radius 1 is 0.732 bits per heavy atom. The van der Waals surface area contributed by atoms with Crippen molar-refractivity contribution in [2.75, 3.05) is 30.6 Å². The molecule has 41 heavy (non-hydrogen) atoms. The number of amides is 3. The standard InChI is InChI=1S/C32H29N3O5S/c1-39-26-17-25(18-27(20-26)40-2)33-30(36)21-41-28-15-9-14-24(19-28)34-32(38)29(16-22-10-5-3-6-11-22)35-31(37)23-12-7-4-8-13-23/h3-20H,21H2,1-2H3,(H,33,36)(H,34,38)(H,35,37)/b29-16-. The van der Waals surface area contributed by atoms with E-state index in [1.165, 1.54) is 11.8 Å². The summed E-state index contributed by atoms with van der Waals surface area (Å²) in [5, 5.41) is 8.42. The molecule has 0 bridgehead atoms. The van der Waals surface area contributed by atoms with E-state index in [2.05, 4.69) is 16.0 Å². The number of thioether (sulfide) groups is 1. The topological polar surface area (TPSA) is 106 Å². The fraction of sp³-hybridized carbons (Fsp3) is 0.0938. The lowest BCUT2D eigenvalue weighted by Gasteiger charge is -2.12. The molecule has 8 nitrogen and oxygen atoms in total. The van der Waals surface area contributed by atoms with Crippen molar-refractivity contribution in [3.05, 3.63) is 120 Å². The molecule has 0 spiro atoms. The molecule has 208 valence electrons. The van der Waals surface area contributed by atoms with Crippen molar-refractivity contribution in [2.45, 2.75) is 4.90 Å². The Labute approximate surface area is 242 Å². The third-order valence-electron chi connectivity index (χ3n) is 5.74. The van der Waals surface area contributed by atoms with Crippen LogP contribution in [0.4, 0.5) is 11.4 Å². The van der Waals surface area contributed by atoms with Crippen LogP contribution in [-0.4, -0.2) is 37.7 Å². The summed E-state index contributed by atoms with van der Waals surface area (Å²) >= 11 is 1.32. The first-order valence-corrected chi connectivity index (χ1v) is 13.6. The van der Waals surface area contributed by atoms with Gasteiger partial charge in [-0.3, -0.25) is 14.4 Å². The van der Waals surface area contributed by atoms with Crippen LogP contribution in [0.5, 0.6) is 11.5 Å². The van der Waals surface area contributed by atoms with Crippen molar-refractivity contribution in [3.8, 4) is 11.5 Å². The molecule has 0 aromatic heterocycles. The van der Waals surface area contributed by atoms with Crippen molar-refractivity contribution in [1.29, 1.82) is 0 Å². The van der Waals surface area contributed by atoms with E-state index in [-0.39, 0.29) is 17.4 Å². The predicted molar refractivity (Wildman–Crippen MR) is 162 cm³/mol. The molecule has 0 aliphatic carbocycles. The number of ether oxygens (including phenoxy) is 2. The summed E-state index contributed by atoms with van der Waals surface area (Å²) in [5.41, 5.74) is 2.36. The van der Waals surface area contributed by atoms with E-state index in [0.29, 0.717) is 28.4 Å². The molecule has 0 aliphatic heterocycles. The van der Waals surface area contributed by atoms with Crippen molar-refractivity contribution >= 4 is 46.9 Å². The van der Waals surface area contributed by atoms with Crippen molar-refractivity contribution in [2.24, 2.45) is 0 Å². The van der Waals surface area contributed by atoms with Crippen LogP contribution in [-0.2, 0) is 9.59 Å². The Kier molecular flexibility index (Phi) is 10.2. The SMILES string of the molecule is COc1cc(NC(=O)CSc2cccc(NC(=O)/C(=C/c3ccccc3)NC(=O)c3ccccc3)c2)cc(OC)c1. The number of carbonyl (C=O) groups excluding carboxylic acids is 3. The molecule has 3 amide bonds. The van der Waals surface area contributed by atoms with Crippen LogP contribution in [0, 0.1) is 0 Å². The van der Waals surface area contributed by atoms with Gasteiger partial charge in [0.15, 0.2) is 0 Å². The average molecular weight is 568 g/mol. The molecular weight excluding hydrogens is 538 g/mol. The zero-order chi connectivity index (χ0) is 29.0. The Morgan fingerprint density at radius 3 is 2.05 bits per heavy atom. The van der Waals surface area contributed by atoms with Gasteiger partial charge in [0.05, 0.1) is 20.0 Å². The fourth-order valence-electron chi connectivity index (χ4n) is 3.75. The van der Waals surface area contributed by atoms with Crippen molar-refractivity contribution < 1.29 is 23.9 Å². The van der Waals surface area contributed by atoms with E-state index < -0.39 is 11.8 Å². The van der Waals surface area contributed by atoms with Crippen molar-refractivity contribution in [1.82, 2.24) is 5.32 Å². The van der Waals surface area contributed by atoms with Crippen LogP contribution in [0.3, 0.4) is 0 Å². The molecule has 3 N–H and O–H groups in total. The van der Waals surface area contributed by atoms with Gasteiger partial charge in [-0.2, -0.15) is 0 Å². The molecule has 0 fully saturated rings. The van der Waals surface area contributed by atoms with E-state index in [9.17, 15) is 14.4 Å². The number of anilines is 2. The van der Waals surface area contributed by atoms with Gasteiger partial charge in [-0.05, 0) is 42.0 Å². The maximum absolute atomic E-state index is 13.3. The second-order valence-electron chi connectivity index (χ2n) is 8.71. The maximum Gasteiger partial charge on any atom is 0.272 e. The summed E-state index contributed by atoms with van der Waals surface area (Å²) in [7, 11) is 3.08. The Morgan fingerprint density at radius 2 is 1.39 bits per heavy atom. The average Bonchev–Trinajstić information content (AvgIpc) is 3.00. The summed E-state index contributed by atoms with van der Waals surface area (Å²) in [5.74, 6) is 0.185. The molecule has 4 aromatic carbocycles. The number of hydrogen-bond acceptors (Lipinski definition) is 6. The van der Waals surface area contributed by atoms with Crippen LogP contribution >= 0.6 is 11.8 Å². The molecule has 0 atom stereocenters. The first-order valence-electron chi connectivity index (χ1n) is 12.6. The number of benzene rings is 4. The molecule has 0 aliphatic rings. The number of methoxy groups -OCH3 is 2. The van der Waals surface area contributed by atoms with Gasteiger partial charge in [0.25, 0.3) is 11.8 Å². The predicted octanol–water partition coefficient (Wildman–Crippen LogP) is 5.84. The van der Waals surface area contributed by atoms with E-state index in [0.717, 1.165) is 10.5 Å². The second kappa shape index (κ2) is 14.4. The third-order valence-corrected chi connectivity index (χ3v) is 6.73. The molecule has 0 radical (unpaired) electrons. The minimum Gasteiger partial charge on any atom is -0.497 e. The van der Waals surface area contributed by atoms with Gasteiger partial charge < -0.3 is 25.4 Å². The zero-order valence-electron chi connectivity index (χ0n) is 22.5. The van der Waals surface area contributed by atoms with E-state index in [4.69, 9.17) is 9.47 Å². The Hall–Kier alpha value is -5.02. The summed E-state index contributed by atoms with van der Waals surface area (Å²) < 4.78 is 10.5. The minimum absolute atomic E-state index is 0.0937. The number of nitrogens with one attached hydrogen (secondary N) is 3. The lowest BCUT2D eigenvalue weighted by atomic mass is 10.1. The van der Waals surface area contributed by atoms with Crippen LogP contribution in [0.2, 0.25) is 0 Å². The minimum atomic E-state index is -0.481. The molecule has 9 heteroatoms. The highest BCUT2D eigenvalue weighted by molar-refractivity contribution is 8.00. The highest BCUT2D eigenvalue weighted by Gasteiger charge is 2.15. The van der Waals surface area contributed by atoms with E-state index >= 15 is 0 Å². The van der Waals surface area contributed by atoms with Gasteiger partial charge in [-0.25, -0.2) is 0 Å². The summed E-state index contributed by atoms with van der Waals surface area (Å²) in [6.07, 6.45) is 1.62. The zero-order valence-corrected chi connectivity index (χ0v) is 23.4. The van der Waals surface area contributed by atoms with E-state index in [1.54, 1.807) is 81.0 Å². The van der Waals surface area contributed by atoms with Gasteiger partial charge >= 0.3 is 0 Å². The van der Waals surface area contributed by atoms with Crippen molar-refractivity contribution in [3.63, 3.8) is 0 Å². The molecule has 4 rings (SSSR count). The molecule has 0 unspecified atom stereocenters. The highest BCUT2D eigenvalue weighted by atomic mass is 32.2. The van der Waals surface area contributed by atoms with Gasteiger partial charge in [0, 0.05) is 40.0 Å². The van der Waals surface area contributed by atoms with Crippen LogP contribution in [0.25, 0.3) is 6.08 Å². The van der Waals surface area contributed by atoms with Crippen LogP contribution < -0.4 is 25.4 Å². The van der Waals surface area contributed by atoms with Crippen LogP contribution in [0.1, 0.15) is 15.9 Å². The summed E-state index contributed by atoms with van der Waals surface area (Å²) in [6, 6.07) is 30.2. The quantitative estimate of drug-likeness (QED) is 0.155. The fourth-order valence-corrected chi connectivity index (χ4v) is 4.50. The van der Waals surface area contributed by atoms with Gasteiger partial charge in [0.2, 0.25) is 5.91 Å². The second-order valence-corrected chi connectivity index (χ2v) is 9.76. The van der Waals surface area contributed by atoms with E-state index in [1.807, 2.05) is 42.5 Å². The molecule has 0 heterocycles. The van der Waals surface area contributed by atoms with Gasteiger partial charge in [-0.15, -0.1) is 11.8 Å². The Balaban J connectivity index is 1.42. The molecule has 0 saturated heterocycles. The highest BCUT2D eigenvalue weighted by Crippen LogP contribution is 2.27. The maximum atomic E-state index is 13.3. The number of hydrogen-bond donors (Lipinski definition) is 3. The number of rotatable bonds is 11. The Bertz CT molecular complexity index is 1520. The monoisotopic (exact) mass is 567 g/mol. The molecule has 4 aromatic rings. The number of carbonyl (C=O) groups is 3. The van der Waals surface area contributed by atoms with Gasteiger partial charge in [-0.1, -0.05) is 54.6 Å². The largest absolute Gasteiger partial charge is 0.497 e. The first kappa shape index (κ1) is 29.0. The lowest BCUT2D eigenvalue weighted by Crippen LogP contribution is -2.30. The summed E-state index contributed by atoms with van der Waals surface area (Å²) in [6.45, 7) is 0. The molecule has 0 saturated carbocycles. The third kappa shape index (κ3) is 8.74. The van der Waals surface area contributed by atoms with Crippen LogP contribution in [0.15, 0.2) is 114 Å². The lowest BCUT2D eigenvalue weighted by molar-refractivity contribution is -0.114. The van der Waals surface area contributed by atoms with Gasteiger partial charge in [0.1, 0.15) is 17.2 Å². The normalized spacial score (nSPS) is 10.8. The first-order chi connectivity index (χ1) is 19.9. The molecular formula is C32H29N3O5S.